The predicted octanol–water partition coefficient (Wildman–Crippen LogP) is 3.12. The fourth-order valence-electron chi connectivity index (χ4n) is 2.87. The average Bonchev–Trinajstić information content (AvgIpc) is 2.67. The Labute approximate surface area is 159 Å². The first-order valence-electron chi connectivity index (χ1n) is 8.17. The van der Waals surface area contributed by atoms with Crippen LogP contribution >= 0.6 is 0 Å². The van der Waals surface area contributed by atoms with Gasteiger partial charge in [0.2, 0.25) is 11.2 Å². The average molecular weight is 386 g/mol. The Morgan fingerprint density at radius 1 is 1.00 bits per heavy atom. The zero-order chi connectivity index (χ0) is 20.4. The van der Waals surface area contributed by atoms with Gasteiger partial charge in [-0.1, -0.05) is 6.07 Å². The molecule has 0 aliphatic rings. The first kappa shape index (κ1) is 19.1. The van der Waals surface area contributed by atoms with Crippen molar-refractivity contribution in [1.82, 2.24) is 0 Å². The second-order valence-electron chi connectivity index (χ2n) is 5.77. The van der Waals surface area contributed by atoms with Crippen molar-refractivity contribution in [3.63, 3.8) is 0 Å². The second kappa shape index (κ2) is 7.51. The Morgan fingerprint density at radius 3 is 2.29 bits per heavy atom. The van der Waals surface area contributed by atoms with Crippen LogP contribution in [0.5, 0.6) is 28.7 Å². The summed E-state index contributed by atoms with van der Waals surface area (Å²) in [6.45, 7) is 1.24. The van der Waals surface area contributed by atoms with Crippen LogP contribution in [0.25, 0.3) is 22.1 Å². The summed E-state index contributed by atoms with van der Waals surface area (Å²) in [5, 5.41) is 10.1. The van der Waals surface area contributed by atoms with Crippen molar-refractivity contribution in [1.29, 1.82) is 0 Å². The molecule has 146 valence electrons. The second-order valence-corrected chi connectivity index (χ2v) is 5.77. The Hall–Kier alpha value is -3.68. The normalized spacial score (nSPS) is 10.6. The van der Waals surface area contributed by atoms with Crippen molar-refractivity contribution >= 4 is 16.9 Å². The largest absolute Gasteiger partial charge is 0.504 e. The number of aromatic hydroxyl groups is 1. The molecule has 0 saturated carbocycles. The van der Waals surface area contributed by atoms with Crippen LogP contribution in [-0.4, -0.2) is 32.4 Å². The quantitative estimate of drug-likeness (QED) is 0.527. The Morgan fingerprint density at radius 2 is 1.71 bits per heavy atom. The van der Waals surface area contributed by atoms with Gasteiger partial charge in [0.25, 0.3) is 0 Å². The van der Waals surface area contributed by atoms with Gasteiger partial charge in [-0.15, -0.1) is 0 Å². The van der Waals surface area contributed by atoms with Gasteiger partial charge in [0, 0.05) is 13.0 Å². The van der Waals surface area contributed by atoms with E-state index in [4.69, 9.17) is 23.4 Å². The number of carbonyl (C=O) groups excluding carboxylic acids is 1. The van der Waals surface area contributed by atoms with Gasteiger partial charge in [-0.3, -0.25) is 9.59 Å². The van der Waals surface area contributed by atoms with Crippen LogP contribution in [-0.2, 0) is 4.79 Å². The molecule has 0 radical (unpaired) electrons. The molecular weight excluding hydrogens is 368 g/mol. The molecule has 0 atom stereocenters. The smallest absolute Gasteiger partial charge is 0.308 e. The lowest BCUT2D eigenvalue weighted by atomic mass is 10.0. The fourth-order valence-corrected chi connectivity index (χ4v) is 2.87. The minimum absolute atomic E-state index is 0.0670. The summed E-state index contributed by atoms with van der Waals surface area (Å²) in [5.74, 6) is -0.0919. The number of benzene rings is 2. The lowest BCUT2D eigenvalue weighted by Crippen LogP contribution is -2.09. The Balaban J connectivity index is 2.30. The topological polar surface area (TPSA) is 104 Å². The molecule has 0 saturated heterocycles. The molecule has 0 aliphatic carbocycles. The third-order valence-corrected chi connectivity index (χ3v) is 4.10. The number of ether oxygens (including phenoxy) is 4. The van der Waals surface area contributed by atoms with Gasteiger partial charge in [-0.2, -0.15) is 0 Å². The lowest BCUT2D eigenvalue weighted by Gasteiger charge is -2.14. The number of fused-ring (bicyclic) bond motifs is 1. The minimum atomic E-state index is -0.563. The number of rotatable bonds is 5. The minimum Gasteiger partial charge on any atom is -0.504 e. The van der Waals surface area contributed by atoms with E-state index in [1.54, 1.807) is 6.07 Å². The molecule has 0 fully saturated rings. The molecule has 1 N–H and O–H groups in total. The molecule has 0 bridgehead atoms. The van der Waals surface area contributed by atoms with Crippen molar-refractivity contribution in [3.8, 4) is 39.9 Å². The number of esters is 1. The highest BCUT2D eigenvalue weighted by molar-refractivity contribution is 5.94. The molecule has 0 aliphatic heterocycles. The third kappa shape index (κ3) is 3.20. The van der Waals surface area contributed by atoms with E-state index in [2.05, 4.69) is 0 Å². The molecule has 2 aromatic carbocycles. The highest BCUT2D eigenvalue weighted by atomic mass is 16.6. The maximum absolute atomic E-state index is 13.2. The van der Waals surface area contributed by atoms with Gasteiger partial charge in [-0.25, -0.2) is 0 Å². The van der Waals surface area contributed by atoms with E-state index in [1.165, 1.54) is 52.7 Å². The molecule has 0 amide bonds. The van der Waals surface area contributed by atoms with Gasteiger partial charge < -0.3 is 28.5 Å². The summed E-state index contributed by atoms with van der Waals surface area (Å²) in [7, 11) is 4.17. The van der Waals surface area contributed by atoms with E-state index in [9.17, 15) is 14.7 Å². The van der Waals surface area contributed by atoms with Gasteiger partial charge in [0.05, 0.1) is 26.9 Å². The third-order valence-electron chi connectivity index (χ3n) is 4.10. The van der Waals surface area contributed by atoms with E-state index in [0.29, 0.717) is 5.56 Å². The van der Waals surface area contributed by atoms with Gasteiger partial charge in [0.1, 0.15) is 17.4 Å². The van der Waals surface area contributed by atoms with E-state index in [-0.39, 0.29) is 45.3 Å². The van der Waals surface area contributed by atoms with E-state index >= 15 is 0 Å². The Kier molecular flexibility index (Phi) is 5.12. The molecule has 3 aromatic rings. The molecule has 1 heterocycles. The molecule has 0 spiro atoms. The molecular formula is C20H18O8. The van der Waals surface area contributed by atoms with Crippen LogP contribution < -0.4 is 24.4 Å². The number of phenolic OH excluding ortho intramolecular Hbond substituents is 1. The number of phenols is 1. The maximum atomic E-state index is 13.2. The zero-order valence-electron chi connectivity index (χ0n) is 15.7. The standard InChI is InChI=1S/C20H18O8/c1-10(21)28-16-8-15(25-3)17-18(23)12(9-27-20(17)19(16)26-4)11-5-6-14(24-2)13(22)7-11/h5-9,22H,1-4H3. The number of methoxy groups -OCH3 is 3. The summed E-state index contributed by atoms with van der Waals surface area (Å²) >= 11 is 0. The van der Waals surface area contributed by atoms with Crippen LogP contribution in [0.15, 0.2) is 39.7 Å². The highest BCUT2D eigenvalue weighted by Gasteiger charge is 2.22. The van der Waals surface area contributed by atoms with Crippen molar-refractivity contribution in [2.45, 2.75) is 6.92 Å². The van der Waals surface area contributed by atoms with Crippen molar-refractivity contribution in [2.24, 2.45) is 0 Å². The SMILES string of the molecule is COc1ccc(-c2coc3c(OC)c(OC(C)=O)cc(OC)c3c2=O)cc1O. The summed E-state index contributed by atoms with van der Waals surface area (Å²) in [5.41, 5.74) is 0.296. The molecule has 1 aromatic heterocycles. The van der Waals surface area contributed by atoms with Crippen LogP contribution in [0.2, 0.25) is 0 Å². The van der Waals surface area contributed by atoms with E-state index < -0.39 is 11.4 Å². The highest BCUT2D eigenvalue weighted by Crippen LogP contribution is 2.41. The van der Waals surface area contributed by atoms with E-state index in [1.807, 2.05) is 0 Å². The molecule has 8 heteroatoms. The molecule has 0 unspecified atom stereocenters. The molecule has 28 heavy (non-hydrogen) atoms. The monoisotopic (exact) mass is 386 g/mol. The van der Waals surface area contributed by atoms with Crippen molar-refractivity contribution < 1.29 is 33.3 Å². The first-order valence-corrected chi connectivity index (χ1v) is 8.17. The van der Waals surface area contributed by atoms with Crippen molar-refractivity contribution in [2.75, 3.05) is 21.3 Å². The summed E-state index contributed by atoms with van der Waals surface area (Å²) in [4.78, 5) is 24.5. The first-order chi connectivity index (χ1) is 13.4. The van der Waals surface area contributed by atoms with Crippen LogP contribution in [0.4, 0.5) is 0 Å². The molecule has 3 rings (SSSR count). The number of hydrogen-bond acceptors (Lipinski definition) is 8. The van der Waals surface area contributed by atoms with Gasteiger partial charge >= 0.3 is 5.97 Å². The van der Waals surface area contributed by atoms with Gasteiger partial charge in [0.15, 0.2) is 22.8 Å². The van der Waals surface area contributed by atoms with Crippen LogP contribution in [0, 0.1) is 0 Å². The lowest BCUT2D eigenvalue weighted by molar-refractivity contribution is -0.132. The van der Waals surface area contributed by atoms with E-state index in [0.717, 1.165) is 0 Å². The van der Waals surface area contributed by atoms with Crippen LogP contribution in [0.1, 0.15) is 6.92 Å². The zero-order valence-corrected chi connectivity index (χ0v) is 15.7. The van der Waals surface area contributed by atoms with Gasteiger partial charge in [-0.05, 0) is 17.7 Å². The summed E-state index contributed by atoms with van der Waals surface area (Å²) < 4.78 is 26.4. The maximum Gasteiger partial charge on any atom is 0.308 e. The summed E-state index contributed by atoms with van der Waals surface area (Å²) in [6.07, 6.45) is 1.24. The number of carbonyl (C=O) groups is 1. The fraction of sp³-hybridized carbons (Fsp3) is 0.200. The Bertz CT molecular complexity index is 1110. The number of hydrogen-bond donors (Lipinski definition) is 1. The predicted molar refractivity (Wildman–Crippen MR) is 101 cm³/mol. The van der Waals surface area contributed by atoms with Crippen LogP contribution in [0.3, 0.4) is 0 Å². The molecule has 8 nitrogen and oxygen atoms in total. The van der Waals surface area contributed by atoms with Crippen molar-refractivity contribution in [3.05, 3.63) is 40.8 Å². The summed E-state index contributed by atoms with van der Waals surface area (Å²) in [6, 6.07) is 5.94.